The molecule has 1 aromatic carbocycles. The Balaban J connectivity index is 1.36. The third-order valence-electron chi connectivity index (χ3n) is 7.50. The fourth-order valence-corrected chi connectivity index (χ4v) is 6.00. The summed E-state index contributed by atoms with van der Waals surface area (Å²) in [5, 5.41) is 4.00. The summed E-state index contributed by atoms with van der Waals surface area (Å²) in [4.78, 5) is 36.4. The molecule has 1 N–H and O–H groups in total. The lowest BCUT2D eigenvalue weighted by Gasteiger charge is -2.36. The predicted molar refractivity (Wildman–Crippen MR) is 143 cm³/mol. The van der Waals surface area contributed by atoms with Gasteiger partial charge in [0.05, 0.1) is 35.1 Å². The van der Waals surface area contributed by atoms with E-state index in [0.29, 0.717) is 48.8 Å². The van der Waals surface area contributed by atoms with Crippen LogP contribution in [0.4, 0.5) is 11.4 Å². The van der Waals surface area contributed by atoms with E-state index in [9.17, 15) is 9.59 Å². The maximum absolute atomic E-state index is 13.6. The highest BCUT2D eigenvalue weighted by atomic mass is 32.1. The van der Waals surface area contributed by atoms with Crippen molar-refractivity contribution < 1.29 is 14.3 Å². The first-order valence-corrected chi connectivity index (χ1v) is 13.5. The molecule has 0 saturated carbocycles. The number of aryl methyl sites for hydroxylation is 1. The summed E-state index contributed by atoms with van der Waals surface area (Å²) in [6.07, 6.45) is 5.20. The van der Waals surface area contributed by atoms with Gasteiger partial charge >= 0.3 is 0 Å². The van der Waals surface area contributed by atoms with Gasteiger partial charge in [-0.25, -0.2) is 4.98 Å². The number of fused-ring (bicyclic) bond motifs is 1. The summed E-state index contributed by atoms with van der Waals surface area (Å²) in [7, 11) is 1.60. The number of ether oxygens (including phenoxy) is 1. The van der Waals surface area contributed by atoms with Gasteiger partial charge in [-0.15, -0.1) is 0 Å². The summed E-state index contributed by atoms with van der Waals surface area (Å²) in [5.74, 6) is 1.25. The number of benzene rings is 1. The number of nitrogens with one attached hydrogen (secondary N) is 1. The lowest BCUT2D eigenvalue weighted by atomic mass is 9.94. The predicted octanol–water partition coefficient (Wildman–Crippen LogP) is 4.74. The first kappa shape index (κ1) is 24.5. The molecule has 0 atom stereocenters. The monoisotopic (exact) mass is 507 g/mol. The van der Waals surface area contributed by atoms with Crippen LogP contribution in [0.25, 0.3) is 10.2 Å². The Bertz CT molecular complexity index is 1260. The highest BCUT2D eigenvalue weighted by Gasteiger charge is 2.32. The normalized spacial score (nSPS) is 17.4. The molecule has 9 heteroatoms. The van der Waals surface area contributed by atoms with Crippen LogP contribution in [0.2, 0.25) is 0 Å². The van der Waals surface area contributed by atoms with Gasteiger partial charge in [-0.2, -0.15) is 4.37 Å². The van der Waals surface area contributed by atoms with E-state index in [1.807, 2.05) is 36.1 Å². The van der Waals surface area contributed by atoms with E-state index in [0.717, 1.165) is 47.5 Å². The van der Waals surface area contributed by atoms with Crippen molar-refractivity contribution in [3.63, 3.8) is 0 Å². The Morgan fingerprint density at radius 1 is 1.08 bits per heavy atom. The van der Waals surface area contributed by atoms with Gasteiger partial charge in [0, 0.05) is 38.3 Å². The first-order chi connectivity index (χ1) is 17.5. The molecule has 2 aliphatic rings. The second kappa shape index (κ2) is 10.4. The van der Waals surface area contributed by atoms with Crippen LogP contribution < -0.4 is 15.0 Å². The topological polar surface area (TPSA) is 87.7 Å². The van der Waals surface area contributed by atoms with E-state index in [2.05, 4.69) is 26.5 Å². The summed E-state index contributed by atoms with van der Waals surface area (Å²) in [6.45, 7) is 7.17. The Hall–Kier alpha value is -3.20. The molecular formula is C27H33N5O3S. The molecule has 0 spiro atoms. The zero-order valence-electron chi connectivity index (χ0n) is 21.1. The number of anilines is 2. The van der Waals surface area contributed by atoms with E-state index >= 15 is 0 Å². The van der Waals surface area contributed by atoms with E-state index in [-0.39, 0.29) is 17.7 Å². The highest BCUT2D eigenvalue weighted by Crippen LogP contribution is 2.37. The van der Waals surface area contributed by atoms with Crippen LogP contribution in [-0.2, 0) is 4.79 Å². The second-order valence-corrected chi connectivity index (χ2v) is 10.6. The Kier molecular flexibility index (Phi) is 7.09. The number of aromatic nitrogens is 2. The van der Waals surface area contributed by atoms with Crippen LogP contribution in [0, 0.1) is 18.8 Å². The molecule has 36 heavy (non-hydrogen) atoms. The summed E-state index contributed by atoms with van der Waals surface area (Å²) in [5.41, 5.74) is 3.16. The average molecular weight is 508 g/mol. The average Bonchev–Trinajstić information content (AvgIpc) is 3.29. The van der Waals surface area contributed by atoms with Gasteiger partial charge < -0.3 is 19.9 Å². The molecule has 2 aromatic heterocycles. The highest BCUT2D eigenvalue weighted by molar-refractivity contribution is 7.13. The van der Waals surface area contributed by atoms with E-state index < -0.39 is 0 Å². The quantitative estimate of drug-likeness (QED) is 0.537. The molecule has 2 amide bonds. The van der Waals surface area contributed by atoms with Crippen LogP contribution >= 0.6 is 11.5 Å². The zero-order valence-corrected chi connectivity index (χ0v) is 21.9. The Morgan fingerprint density at radius 3 is 2.53 bits per heavy atom. The SMILES string of the molecule is COc1ccccc1NC(=O)C1CCN(c2c(C(=O)N3CCC(C)CC3)cnc3snc(C)c23)CC1. The van der Waals surface area contributed by atoms with Gasteiger partial charge in [0.15, 0.2) is 0 Å². The Morgan fingerprint density at radius 2 is 1.81 bits per heavy atom. The minimum Gasteiger partial charge on any atom is -0.495 e. The number of rotatable bonds is 5. The van der Waals surface area contributed by atoms with Crippen molar-refractivity contribution in [2.75, 3.05) is 43.5 Å². The minimum absolute atomic E-state index is 0.00569. The molecule has 2 fully saturated rings. The molecule has 0 aliphatic carbocycles. The molecule has 0 radical (unpaired) electrons. The van der Waals surface area contributed by atoms with Crippen molar-refractivity contribution in [3.8, 4) is 5.75 Å². The molecule has 5 rings (SSSR count). The first-order valence-electron chi connectivity index (χ1n) is 12.7. The standard InChI is InChI=1S/C27H33N5O3S/c1-17-8-12-32(13-9-17)27(34)20-16-28-26-23(18(2)30-36-26)24(20)31-14-10-19(11-15-31)25(33)29-21-6-4-5-7-22(21)35-3/h4-7,16-17,19H,8-15H2,1-3H3,(H,29,33). The number of carbonyl (C=O) groups is 2. The number of nitrogens with zero attached hydrogens (tertiary/aromatic N) is 4. The number of hydrogen-bond acceptors (Lipinski definition) is 7. The van der Waals surface area contributed by atoms with Crippen molar-refractivity contribution in [3.05, 3.63) is 41.7 Å². The van der Waals surface area contributed by atoms with Gasteiger partial charge in [0.1, 0.15) is 10.6 Å². The lowest BCUT2D eigenvalue weighted by molar-refractivity contribution is -0.120. The van der Waals surface area contributed by atoms with Crippen molar-refractivity contribution in [1.29, 1.82) is 0 Å². The van der Waals surface area contributed by atoms with Crippen LogP contribution in [0.5, 0.6) is 5.75 Å². The van der Waals surface area contributed by atoms with Crippen LogP contribution in [0.1, 0.15) is 48.7 Å². The largest absolute Gasteiger partial charge is 0.495 e. The number of likely N-dealkylation sites (tertiary alicyclic amines) is 1. The smallest absolute Gasteiger partial charge is 0.257 e. The summed E-state index contributed by atoms with van der Waals surface area (Å²) < 4.78 is 9.91. The number of pyridine rings is 1. The summed E-state index contributed by atoms with van der Waals surface area (Å²) in [6, 6.07) is 7.46. The molecule has 2 saturated heterocycles. The fraction of sp³-hybridized carbons (Fsp3) is 0.481. The fourth-order valence-electron chi connectivity index (χ4n) is 5.25. The van der Waals surface area contributed by atoms with Crippen LogP contribution in [-0.4, -0.2) is 59.4 Å². The van der Waals surface area contributed by atoms with Crippen molar-refractivity contribution >= 4 is 44.9 Å². The van der Waals surface area contributed by atoms with E-state index in [1.54, 1.807) is 13.3 Å². The van der Waals surface area contributed by atoms with Crippen LogP contribution in [0.3, 0.4) is 0 Å². The molecule has 4 heterocycles. The molecule has 0 unspecified atom stereocenters. The van der Waals surface area contributed by atoms with Gasteiger partial charge in [-0.3, -0.25) is 9.59 Å². The molecular weight excluding hydrogens is 474 g/mol. The minimum atomic E-state index is -0.104. The third kappa shape index (κ3) is 4.76. The lowest BCUT2D eigenvalue weighted by Crippen LogP contribution is -2.41. The number of amides is 2. The number of carbonyl (C=O) groups excluding carboxylic acids is 2. The van der Waals surface area contributed by atoms with E-state index in [4.69, 9.17) is 4.74 Å². The summed E-state index contributed by atoms with van der Waals surface area (Å²) >= 11 is 1.37. The molecule has 190 valence electrons. The van der Waals surface area contributed by atoms with Gasteiger partial charge in [0.25, 0.3) is 5.91 Å². The van der Waals surface area contributed by atoms with Crippen molar-refractivity contribution in [1.82, 2.24) is 14.3 Å². The second-order valence-electron chi connectivity index (χ2n) is 9.89. The van der Waals surface area contributed by atoms with Gasteiger partial charge in [-0.05, 0) is 62.2 Å². The number of para-hydroxylation sites is 2. The third-order valence-corrected chi connectivity index (χ3v) is 8.34. The number of hydrogen-bond donors (Lipinski definition) is 1. The van der Waals surface area contributed by atoms with Crippen molar-refractivity contribution in [2.24, 2.45) is 11.8 Å². The molecule has 2 aliphatic heterocycles. The van der Waals surface area contributed by atoms with Gasteiger partial charge in [-0.1, -0.05) is 19.1 Å². The van der Waals surface area contributed by atoms with E-state index in [1.165, 1.54) is 11.5 Å². The number of methoxy groups -OCH3 is 1. The van der Waals surface area contributed by atoms with Gasteiger partial charge in [0.2, 0.25) is 5.91 Å². The molecule has 0 bridgehead atoms. The number of piperidine rings is 2. The zero-order chi connectivity index (χ0) is 25.2. The maximum Gasteiger partial charge on any atom is 0.257 e. The van der Waals surface area contributed by atoms with Crippen LogP contribution in [0.15, 0.2) is 30.5 Å². The molecule has 8 nitrogen and oxygen atoms in total. The molecule has 3 aromatic rings. The maximum atomic E-state index is 13.6. The van der Waals surface area contributed by atoms with Crippen molar-refractivity contribution in [2.45, 2.75) is 39.5 Å². The Labute approximate surface area is 215 Å².